The summed E-state index contributed by atoms with van der Waals surface area (Å²) in [6.45, 7) is 7.60. The fraction of sp³-hybridized carbons (Fsp3) is 0.917. The molecule has 1 rings (SSSR count). The molecule has 1 atom stereocenters. The van der Waals surface area contributed by atoms with Crippen LogP contribution in [-0.2, 0) is 0 Å². The molecule has 4 heteroatoms. The second-order valence-electron chi connectivity index (χ2n) is 5.34. The predicted octanol–water partition coefficient (Wildman–Crippen LogP) is 1.70. The zero-order valence-electron chi connectivity index (χ0n) is 10.8. The van der Waals surface area contributed by atoms with Crippen molar-refractivity contribution in [3.05, 3.63) is 0 Å². The van der Waals surface area contributed by atoms with E-state index in [1.54, 1.807) is 0 Å². The van der Waals surface area contributed by atoms with Crippen molar-refractivity contribution in [2.24, 2.45) is 5.73 Å². The molecule has 0 aromatic carbocycles. The zero-order chi connectivity index (χ0) is 12.2. The van der Waals surface area contributed by atoms with Crippen LogP contribution in [0.3, 0.4) is 0 Å². The highest BCUT2D eigenvalue weighted by Gasteiger charge is 2.27. The minimum absolute atomic E-state index is 0.0317. The maximum atomic E-state index is 12.0. The Labute approximate surface area is 98.6 Å². The van der Waals surface area contributed by atoms with Gasteiger partial charge in [0, 0.05) is 19.1 Å². The second-order valence-corrected chi connectivity index (χ2v) is 5.34. The molecule has 0 radical (unpaired) electrons. The topological polar surface area (TPSA) is 58.4 Å². The predicted molar refractivity (Wildman–Crippen MR) is 66.3 cm³/mol. The van der Waals surface area contributed by atoms with Crippen molar-refractivity contribution in [1.29, 1.82) is 0 Å². The minimum Gasteiger partial charge on any atom is -0.332 e. The molecule has 0 aromatic heterocycles. The van der Waals surface area contributed by atoms with Crippen molar-refractivity contribution < 1.29 is 4.79 Å². The maximum absolute atomic E-state index is 12.0. The Balaban J connectivity index is 2.50. The van der Waals surface area contributed by atoms with E-state index < -0.39 is 0 Å². The van der Waals surface area contributed by atoms with Gasteiger partial charge in [-0.1, -0.05) is 12.8 Å². The van der Waals surface area contributed by atoms with Crippen molar-refractivity contribution in [3.63, 3.8) is 0 Å². The van der Waals surface area contributed by atoms with Crippen LogP contribution >= 0.6 is 0 Å². The van der Waals surface area contributed by atoms with E-state index in [2.05, 4.69) is 5.32 Å². The van der Waals surface area contributed by atoms with Gasteiger partial charge in [0.2, 0.25) is 0 Å². The number of likely N-dealkylation sites (tertiary alicyclic amines) is 1. The molecule has 1 aliphatic heterocycles. The molecule has 16 heavy (non-hydrogen) atoms. The highest BCUT2D eigenvalue weighted by atomic mass is 16.2. The number of hydrogen-bond acceptors (Lipinski definition) is 2. The van der Waals surface area contributed by atoms with Gasteiger partial charge in [-0.15, -0.1) is 0 Å². The average molecular weight is 227 g/mol. The van der Waals surface area contributed by atoms with Crippen LogP contribution in [0, 0.1) is 0 Å². The molecule has 4 nitrogen and oxygen atoms in total. The molecule has 0 aliphatic carbocycles. The van der Waals surface area contributed by atoms with Crippen molar-refractivity contribution in [2.45, 2.75) is 58.0 Å². The van der Waals surface area contributed by atoms with Gasteiger partial charge in [-0.2, -0.15) is 0 Å². The van der Waals surface area contributed by atoms with Crippen LogP contribution in [0.15, 0.2) is 0 Å². The molecule has 0 aromatic rings. The Morgan fingerprint density at radius 2 is 1.75 bits per heavy atom. The quantitative estimate of drug-likeness (QED) is 0.754. The molecule has 1 aliphatic rings. The molecule has 0 bridgehead atoms. The van der Waals surface area contributed by atoms with Crippen LogP contribution in [0.4, 0.5) is 4.79 Å². The first-order chi connectivity index (χ1) is 7.43. The van der Waals surface area contributed by atoms with Crippen LogP contribution in [0.1, 0.15) is 46.5 Å². The van der Waals surface area contributed by atoms with Crippen LogP contribution in [0.2, 0.25) is 0 Å². The van der Waals surface area contributed by atoms with Crippen LogP contribution in [0.25, 0.3) is 0 Å². The van der Waals surface area contributed by atoms with E-state index >= 15 is 0 Å². The molecule has 94 valence electrons. The van der Waals surface area contributed by atoms with Crippen molar-refractivity contribution in [1.82, 2.24) is 10.2 Å². The van der Waals surface area contributed by atoms with Gasteiger partial charge in [-0.05, 0) is 33.6 Å². The first-order valence-corrected chi connectivity index (χ1v) is 6.26. The third-order valence-corrected chi connectivity index (χ3v) is 3.46. The SMILES string of the molecule is CC(N)C(C)(C)NC(=O)N1CCCCCC1. The molecular formula is C12H25N3O. The number of carbonyl (C=O) groups excluding carboxylic acids is 1. The molecular weight excluding hydrogens is 202 g/mol. The van der Waals surface area contributed by atoms with Gasteiger partial charge in [0.15, 0.2) is 0 Å². The molecule has 3 N–H and O–H groups in total. The van der Waals surface area contributed by atoms with E-state index in [9.17, 15) is 4.79 Å². The van der Waals surface area contributed by atoms with E-state index in [4.69, 9.17) is 5.73 Å². The summed E-state index contributed by atoms with van der Waals surface area (Å²) in [5.41, 5.74) is 5.50. The van der Waals surface area contributed by atoms with E-state index in [0.29, 0.717) is 0 Å². The van der Waals surface area contributed by atoms with Gasteiger partial charge in [-0.3, -0.25) is 0 Å². The third-order valence-electron chi connectivity index (χ3n) is 3.46. The summed E-state index contributed by atoms with van der Waals surface area (Å²) in [7, 11) is 0. The van der Waals surface area contributed by atoms with Gasteiger partial charge in [0.25, 0.3) is 0 Å². The Hall–Kier alpha value is -0.770. The lowest BCUT2D eigenvalue weighted by molar-refractivity contribution is 0.184. The molecule has 0 spiro atoms. The summed E-state index contributed by atoms with van der Waals surface area (Å²) in [5.74, 6) is 0. The summed E-state index contributed by atoms with van der Waals surface area (Å²) in [6.07, 6.45) is 4.71. The normalized spacial score (nSPS) is 20.1. The molecule has 0 saturated carbocycles. The van der Waals surface area contributed by atoms with E-state index in [1.807, 2.05) is 25.7 Å². The van der Waals surface area contributed by atoms with Crippen molar-refractivity contribution in [3.8, 4) is 0 Å². The van der Waals surface area contributed by atoms with Crippen LogP contribution in [-0.4, -0.2) is 35.6 Å². The lowest BCUT2D eigenvalue weighted by Crippen LogP contribution is -2.57. The largest absolute Gasteiger partial charge is 0.332 e. The first-order valence-electron chi connectivity index (χ1n) is 6.26. The highest BCUT2D eigenvalue weighted by molar-refractivity contribution is 5.75. The summed E-state index contributed by atoms with van der Waals surface area (Å²) in [4.78, 5) is 13.9. The summed E-state index contributed by atoms with van der Waals surface area (Å²) in [5, 5.41) is 3.02. The first kappa shape index (κ1) is 13.3. The highest BCUT2D eigenvalue weighted by Crippen LogP contribution is 2.12. The fourth-order valence-electron chi connectivity index (χ4n) is 1.74. The Morgan fingerprint density at radius 1 is 1.25 bits per heavy atom. The molecule has 2 amide bonds. The molecule has 1 saturated heterocycles. The van der Waals surface area contributed by atoms with Gasteiger partial charge in [0.1, 0.15) is 0 Å². The Bertz CT molecular complexity index is 230. The minimum atomic E-state index is -0.344. The average Bonchev–Trinajstić information content (AvgIpc) is 2.44. The van der Waals surface area contributed by atoms with Crippen molar-refractivity contribution >= 4 is 6.03 Å². The number of hydrogen-bond donors (Lipinski definition) is 2. The number of urea groups is 1. The lowest BCUT2D eigenvalue weighted by Gasteiger charge is -2.33. The van der Waals surface area contributed by atoms with Gasteiger partial charge < -0.3 is 16.0 Å². The third kappa shape index (κ3) is 3.67. The van der Waals surface area contributed by atoms with Gasteiger partial charge in [0.05, 0.1) is 5.54 Å². The lowest BCUT2D eigenvalue weighted by atomic mass is 9.97. The van der Waals surface area contributed by atoms with Crippen LogP contribution < -0.4 is 11.1 Å². The van der Waals surface area contributed by atoms with Gasteiger partial charge in [-0.25, -0.2) is 4.79 Å². The maximum Gasteiger partial charge on any atom is 0.317 e. The van der Waals surface area contributed by atoms with E-state index in [-0.39, 0.29) is 17.6 Å². The molecule has 1 heterocycles. The number of nitrogens with two attached hydrogens (primary N) is 1. The number of rotatable bonds is 2. The summed E-state index contributed by atoms with van der Waals surface area (Å²) < 4.78 is 0. The fourth-order valence-corrected chi connectivity index (χ4v) is 1.74. The van der Waals surface area contributed by atoms with Gasteiger partial charge >= 0.3 is 6.03 Å². The number of nitrogens with one attached hydrogen (secondary N) is 1. The number of amides is 2. The molecule has 1 fully saturated rings. The summed E-state index contributed by atoms with van der Waals surface area (Å²) in [6, 6.07) is -0.0207. The molecule has 1 unspecified atom stereocenters. The van der Waals surface area contributed by atoms with E-state index in [1.165, 1.54) is 12.8 Å². The zero-order valence-corrected chi connectivity index (χ0v) is 10.8. The second kappa shape index (κ2) is 5.53. The number of carbonyl (C=O) groups is 1. The monoisotopic (exact) mass is 227 g/mol. The Morgan fingerprint density at radius 3 is 2.19 bits per heavy atom. The Kier molecular flexibility index (Phi) is 4.59. The van der Waals surface area contributed by atoms with E-state index in [0.717, 1.165) is 25.9 Å². The summed E-state index contributed by atoms with van der Waals surface area (Å²) >= 11 is 0. The standard InChI is InChI=1S/C12H25N3O/c1-10(13)12(2,3)14-11(16)15-8-6-4-5-7-9-15/h10H,4-9,13H2,1-3H3,(H,14,16). The smallest absolute Gasteiger partial charge is 0.317 e. The number of nitrogens with zero attached hydrogens (tertiary/aromatic N) is 1. The van der Waals surface area contributed by atoms with Crippen molar-refractivity contribution in [2.75, 3.05) is 13.1 Å². The van der Waals surface area contributed by atoms with Crippen LogP contribution in [0.5, 0.6) is 0 Å².